The van der Waals surface area contributed by atoms with Crippen molar-refractivity contribution in [1.82, 2.24) is 0 Å². The Morgan fingerprint density at radius 2 is 2.23 bits per heavy atom. The van der Waals surface area contributed by atoms with E-state index in [-0.39, 0.29) is 6.42 Å². The Hall–Kier alpha value is -0.540. The Morgan fingerprint density at radius 3 is 2.85 bits per heavy atom. The van der Waals surface area contributed by atoms with E-state index in [0.717, 1.165) is 10.0 Å². The van der Waals surface area contributed by atoms with Gasteiger partial charge in [0.2, 0.25) is 0 Å². The molecule has 70 valence electrons. The van der Waals surface area contributed by atoms with Gasteiger partial charge in [0.15, 0.2) is 0 Å². The van der Waals surface area contributed by atoms with E-state index in [2.05, 4.69) is 15.9 Å². The first-order valence-electron chi connectivity index (χ1n) is 3.76. The zero-order valence-corrected chi connectivity index (χ0v) is 9.10. The van der Waals surface area contributed by atoms with Crippen LogP contribution in [0.3, 0.4) is 0 Å². The van der Waals surface area contributed by atoms with E-state index in [1.54, 1.807) is 6.07 Å². The van der Waals surface area contributed by atoms with Crippen LogP contribution in [0.1, 0.15) is 12.0 Å². The Balaban J connectivity index is 2.77. The molecule has 0 aliphatic rings. The number of benzene rings is 1. The molecule has 0 aromatic heterocycles. The summed E-state index contributed by atoms with van der Waals surface area (Å²) in [6, 6.07) is 5.43. The molecule has 0 saturated heterocycles. The van der Waals surface area contributed by atoms with Crippen LogP contribution >= 0.6 is 27.5 Å². The van der Waals surface area contributed by atoms with Gasteiger partial charge in [0.25, 0.3) is 0 Å². The van der Waals surface area contributed by atoms with Crippen LogP contribution in [0.4, 0.5) is 0 Å². The van der Waals surface area contributed by atoms with E-state index in [9.17, 15) is 4.79 Å². The summed E-state index contributed by atoms with van der Waals surface area (Å²) in [7, 11) is 0. The Bertz CT molecular complexity index is 325. The van der Waals surface area contributed by atoms with Gasteiger partial charge in [-0.2, -0.15) is 0 Å². The van der Waals surface area contributed by atoms with E-state index in [0.29, 0.717) is 11.4 Å². The highest BCUT2D eigenvalue weighted by atomic mass is 79.9. The van der Waals surface area contributed by atoms with Gasteiger partial charge in [-0.05, 0) is 34.0 Å². The molecule has 0 aliphatic carbocycles. The normalized spacial score (nSPS) is 10.0. The molecule has 0 fully saturated rings. The van der Waals surface area contributed by atoms with Gasteiger partial charge in [0.1, 0.15) is 0 Å². The molecule has 0 saturated carbocycles. The monoisotopic (exact) mass is 262 g/mol. The van der Waals surface area contributed by atoms with Crippen molar-refractivity contribution in [2.24, 2.45) is 0 Å². The maximum Gasteiger partial charge on any atom is 0.303 e. The van der Waals surface area contributed by atoms with Gasteiger partial charge in [0.05, 0.1) is 5.02 Å². The van der Waals surface area contributed by atoms with Gasteiger partial charge in [-0.25, -0.2) is 0 Å². The zero-order valence-electron chi connectivity index (χ0n) is 6.76. The number of hydrogen-bond donors (Lipinski definition) is 1. The SMILES string of the molecule is O=C(O)CCc1cccc(Cl)c1Br. The summed E-state index contributed by atoms with van der Waals surface area (Å²) in [5.41, 5.74) is 0.926. The lowest BCUT2D eigenvalue weighted by molar-refractivity contribution is -0.136. The number of aryl methyl sites for hydroxylation is 1. The summed E-state index contributed by atoms with van der Waals surface area (Å²) in [6.07, 6.45) is 0.620. The summed E-state index contributed by atoms with van der Waals surface area (Å²) in [5.74, 6) is -0.799. The third-order valence-electron chi connectivity index (χ3n) is 1.64. The van der Waals surface area contributed by atoms with Crippen molar-refractivity contribution in [3.8, 4) is 0 Å². The van der Waals surface area contributed by atoms with E-state index < -0.39 is 5.97 Å². The van der Waals surface area contributed by atoms with Gasteiger partial charge in [-0.3, -0.25) is 4.79 Å². The van der Waals surface area contributed by atoms with Crippen molar-refractivity contribution in [2.75, 3.05) is 0 Å². The summed E-state index contributed by atoms with van der Waals surface area (Å²) in [4.78, 5) is 10.3. The molecular formula is C9H8BrClO2. The first-order valence-corrected chi connectivity index (χ1v) is 4.93. The molecule has 1 aromatic carbocycles. The van der Waals surface area contributed by atoms with Gasteiger partial charge >= 0.3 is 5.97 Å². The molecule has 2 nitrogen and oxygen atoms in total. The average molecular weight is 264 g/mol. The van der Waals surface area contributed by atoms with E-state index >= 15 is 0 Å². The summed E-state index contributed by atoms with van der Waals surface area (Å²) in [5, 5.41) is 9.10. The molecule has 0 radical (unpaired) electrons. The molecule has 0 bridgehead atoms. The fraction of sp³-hybridized carbons (Fsp3) is 0.222. The number of carbonyl (C=O) groups is 1. The Kier molecular flexibility index (Phi) is 3.75. The number of hydrogen-bond acceptors (Lipinski definition) is 1. The molecule has 1 aromatic rings. The van der Waals surface area contributed by atoms with Crippen LogP contribution in [0.15, 0.2) is 22.7 Å². The fourth-order valence-electron chi connectivity index (χ4n) is 0.983. The highest BCUT2D eigenvalue weighted by Gasteiger charge is 2.05. The minimum atomic E-state index is -0.799. The largest absolute Gasteiger partial charge is 0.481 e. The van der Waals surface area contributed by atoms with Crippen molar-refractivity contribution in [1.29, 1.82) is 0 Å². The van der Waals surface area contributed by atoms with E-state index in [1.807, 2.05) is 12.1 Å². The van der Waals surface area contributed by atoms with Gasteiger partial charge in [-0.1, -0.05) is 23.7 Å². The summed E-state index contributed by atoms with van der Waals surface area (Å²) >= 11 is 9.14. The van der Waals surface area contributed by atoms with Crippen LogP contribution in [0, 0.1) is 0 Å². The average Bonchev–Trinajstić information content (AvgIpc) is 2.07. The topological polar surface area (TPSA) is 37.3 Å². The number of carboxylic acids is 1. The van der Waals surface area contributed by atoms with Crippen molar-refractivity contribution in [3.05, 3.63) is 33.3 Å². The van der Waals surface area contributed by atoms with Crippen LogP contribution in [-0.4, -0.2) is 11.1 Å². The number of aliphatic carboxylic acids is 1. The Morgan fingerprint density at radius 1 is 1.54 bits per heavy atom. The van der Waals surface area contributed by atoms with Crippen LogP contribution in [0.5, 0.6) is 0 Å². The first-order chi connectivity index (χ1) is 6.11. The standard InChI is InChI=1S/C9H8BrClO2/c10-9-6(4-5-8(12)13)2-1-3-7(9)11/h1-3H,4-5H2,(H,12,13). The molecule has 4 heteroatoms. The molecule has 0 unspecified atom stereocenters. The molecule has 0 aliphatic heterocycles. The van der Waals surface area contributed by atoms with Crippen LogP contribution < -0.4 is 0 Å². The van der Waals surface area contributed by atoms with Crippen molar-refractivity contribution >= 4 is 33.5 Å². The van der Waals surface area contributed by atoms with Crippen LogP contribution in [0.25, 0.3) is 0 Å². The van der Waals surface area contributed by atoms with Gasteiger partial charge in [0, 0.05) is 10.9 Å². The molecule has 0 heterocycles. The third-order valence-corrected chi connectivity index (χ3v) is 3.12. The Labute approximate surface area is 89.7 Å². The van der Waals surface area contributed by atoms with Crippen molar-refractivity contribution in [2.45, 2.75) is 12.8 Å². The second kappa shape index (κ2) is 4.63. The summed E-state index contributed by atoms with van der Waals surface area (Å²) < 4.78 is 0.790. The second-order valence-electron chi connectivity index (χ2n) is 2.61. The molecule has 1 rings (SSSR count). The van der Waals surface area contributed by atoms with E-state index in [1.165, 1.54) is 0 Å². The lowest BCUT2D eigenvalue weighted by atomic mass is 10.1. The molecule has 0 amide bonds. The lowest BCUT2D eigenvalue weighted by Crippen LogP contribution is -1.97. The fourth-order valence-corrected chi connectivity index (χ4v) is 1.64. The number of halogens is 2. The maximum absolute atomic E-state index is 10.3. The molecule has 13 heavy (non-hydrogen) atoms. The maximum atomic E-state index is 10.3. The van der Waals surface area contributed by atoms with Crippen LogP contribution in [-0.2, 0) is 11.2 Å². The predicted octanol–water partition coefficient (Wildman–Crippen LogP) is 3.12. The predicted molar refractivity (Wildman–Crippen MR) is 55.1 cm³/mol. The first kappa shape index (κ1) is 10.5. The van der Waals surface area contributed by atoms with Crippen LogP contribution in [0.2, 0.25) is 5.02 Å². The zero-order chi connectivity index (χ0) is 9.84. The second-order valence-corrected chi connectivity index (χ2v) is 3.81. The minimum absolute atomic E-state index is 0.124. The minimum Gasteiger partial charge on any atom is -0.481 e. The quantitative estimate of drug-likeness (QED) is 0.910. The molecular weight excluding hydrogens is 255 g/mol. The van der Waals surface area contributed by atoms with E-state index in [4.69, 9.17) is 16.7 Å². The highest BCUT2D eigenvalue weighted by molar-refractivity contribution is 9.10. The lowest BCUT2D eigenvalue weighted by Gasteiger charge is -2.03. The number of carboxylic acid groups (broad SMARTS) is 1. The van der Waals surface area contributed by atoms with Gasteiger partial charge < -0.3 is 5.11 Å². The third kappa shape index (κ3) is 3.01. The summed E-state index contributed by atoms with van der Waals surface area (Å²) in [6.45, 7) is 0. The number of rotatable bonds is 3. The highest BCUT2D eigenvalue weighted by Crippen LogP contribution is 2.26. The molecule has 0 atom stereocenters. The molecule has 1 N–H and O–H groups in total. The van der Waals surface area contributed by atoms with Crippen molar-refractivity contribution in [3.63, 3.8) is 0 Å². The smallest absolute Gasteiger partial charge is 0.303 e. The van der Waals surface area contributed by atoms with Crippen molar-refractivity contribution < 1.29 is 9.90 Å². The molecule has 0 spiro atoms. The van der Waals surface area contributed by atoms with Gasteiger partial charge in [-0.15, -0.1) is 0 Å².